The fourth-order valence-corrected chi connectivity index (χ4v) is 5.74. The number of phenolic OH excluding ortho intramolecular Hbond substituents is 1. The van der Waals surface area contributed by atoms with E-state index in [1.807, 2.05) is 12.1 Å². The fourth-order valence-electron chi connectivity index (χ4n) is 5.74. The number of benzene rings is 1. The van der Waals surface area contributed by atoms with E-state index >= 15 is 0 Å². The third kappa shape index (κ3) is 5.05. The van der Waals surface area contributed by atoms with Gasteiger partial charge in [-0.1, -0.05) is 24.6 Å². The second-order valence-corrected chi connectivity index (χ2v) is 9.77. The van der Waals surface area contributed by atoms with Gasteiger partial charge in [-0.15, -0.1) is 0 Å². The molecule has 2 bridgehead atoms. The van der Waals surface area contributed by atoms with E-state index in [0.29, 0.717) is 41.9 Å². The van der Waals surface area contributed by atoms with Crippen molar-refractivity contribution in [3.05, 3.63) is 41.6 Å². The lowest BCUT2D eigenvalue weighted by molar-refractivity contribution is 0.0740. The monoisotopic (exact) mass is 447 g/mol. The van der Waals surface area contributed by atoms with E-state index in [0.717, 1.165) is 37.0 Å². The zero-order valence-corrected chi connectivity index (χ0v) is 18.9. The minimum Gasteiger partial charge on any atom is -0.508 e. The molecule has 3 fully saturated rings. The predicted molar refractivity (Wildman–Crippen MR) is 128 cm³/mol. The van der Waals surface area contributed by atoms with Gasteiger partial charge < -0.3 is 26.4 Å². The van der Waals surface area contributed by atoms with E-state index < -0.39 is 0 Å². The van der Waals surface area contributed by atoms with Crippen LogP contribution in [0, 0.1) is 29.1 Å². The third-order valence-corrected chi connectivity index (χ3v) is 7.54. The van der Waals surface area contributed by atoms with Crippen molar-refractivity contribution in [3.63, 3.8) is 0 Å². The Morgan fingerprint density at radius 3 is 2.61 bits per heavy atom. The van der Waals surface area contributed by atoms with E-state index in [1.54, 1.807) is 18.3 Å². The lowest BCUT2D eigenvalue weighted by Crippen LogP contribution is -2.62. The molecule has 2 saturated carbocycles. The number of aromatic nitrogens is 2. The molecule has 4 atom stereocenters. The van der Waals surface area contributed by atoms with E-state index in [2.05, 4.69) is 37.3 Å². The predicted octanol–water partition coefficient (Wildman–Crippen LogP) is 2.83. The number of nitriles is 1. The van der Waals surface area contributed by atoms with Gasteiger partial charge >= 0.3 is 0 Å². The van der Waals surface area contributed by atoms with Gasteiger partial charge in [0.2, 0.25) is 5.95 Å². The Kier molecular flexibility index (Phi) is 6.60. The van der Waals surface area contributed by atoms with Gasteiger partial charge in [-0.2, -0.15) is 10.2 Å². The minimum atomic E-state index is 0.237. The first-order valence-electron chi connectivity index (χ1n) is 12.2. The van der Waals surface area contributed by atoms with Crippen LogP contribution in [0.3, 0.4) is 0 Å². The first-order valence-corrected chi connectivity index (χ1v) is 12.2. The van der Waals surface area contributed by atoms with E-state index in [-0.39, 0.29) is 5.75 Å². The average molecular weight is 448 g/mol. The maximum Gasteiger partial charge on any atom is 0.224 e. The molecule has 1 saturated heterocycles. The molecule has 2 heterocycles. The molecule has 0 radical (unpaired) electrons. The second-order valence-electron chi connectivity index (χ2n) is 9.77. The lowest BCUT2D eigenvalue weighted by Gasteiger charge is -2.48. The van der Waals surface area contributed by atoms with Crippen molar-refractivity contribution in [1.29, 1.82) is 5.26 Å². The summed E-state index contributed by atoms with van der Waals surface area (Å²) in [6, 6.07) is 10.7. The van der Waals surface area contributed by atoms with Crippen molar-refractivity contribution in [2.45, 2.75) is 50.7 Å². The summed E-state index contributed by atoms with van der Waals surface area (Å²) < 4.78 is 0. The van der Waals surface area contributed by atoms with E-state index in [1.165, 1.54) is 32.1 Å². The highest BCUT2D eigenvalue weighted by Gasteiger charge is 2.41. The van der Waals surface area contributed by atoms with Crippen LogP contribution in [-0.4, -0.2) is 46.8 Å². The molecule has 8 nitrogen and oxygen atoms in total. The summed E-state index contributed by atoms with van der Waals surface area (Å²) in [5, 5.41) is 33.4. The molecule has 2 aliphatic carbocycles. The molecule has 5 N–H and O–H groups in total. The molecule has 1 aromatic heterocycles. The number of fused-ring (bicyclic) bond motifs is 2. The summed E-state index contributed by atoms with van der Waals surface area (Å²) in [4.78, 5) is 8.83. The smallest absolute Gasteiger partial charge is 0.224 e. The maximum atomic E-state index is 9.96. The Balaban J connectivity index is 1.20. The number of nitrogens with zero attached hydrogens (tertiary/aromatic N) is 3. The molecule has 3 aliphatic rings. The summed E-state index contributed by atoms with van der Waals surface area (Å²) in [5.74, 6) is 3.36. The summed E-state index contributed by atoms with van der Waals surface area (Å²) in [6.45, 7) is 3.45. The number of nitrogens with one attached hydrogen (secondary N) is 4. The van der Waals surface area contributed by atoms with Gasteiger partial charge in [-0.05, 0) is 49.5 Å². The summed E-state index contributed by atoms with van der Waals surface area (Å²) in [7, 11) is 0. The highest BCUT2D eigenvalue weighted by molar-refractivity contribution is 5.53. The molecule has 1 aliphatic heterocycles. The van der Waals surface area contributed by atoms with Crippen molar-refractivity contribution >= 4 is 11.8 Å². The number of aromatic hydroxyl groups is 1. The van der Waals surface area contributed by atoms with Crippen molar-refractivity contribution in [1.82, 2.24) is 20.6 Å². The van der Waals surface area contributed by atoms with Crippen LogP contribution in [0.15, 0.2) is 30.5 Å². The Hall–Kier alpha value is -2.89. The van der Waals surface area contributed by atoms with Gasteiger partial charge in [0.05, 0.1) is 6.20 Å². The Morgan fingerprint density at radius 2 is 1.91 bits per heavy atom. The van der Waals surface area contributed by atoms with Crippen LogP contribution in [0.1, 0.15) is 43.2 Å². The van der Waals surface area contributed by atoms with Crippen LogP contribution in [0.5, 0.6) is 5.75 Å². The average Bonchev–Trinajstić information content (AvgIpc) is 2.79. The number of hydrogen-bond donors (Lipinski definition) is 5. The van der Waals surface area contributed by atoms with Crippen LogP contribution in [-0.2, 0) is 6.54 Å². The first-order chi connectivity index (χ1) is 16.2. The van der Waals surface area contributed by atoms with E-state index in [4.69, 9.17) is 0 Å². The molecule has 174 valence electrons. The van der Waals surface area contributed by atoms with Gasteiger partial charge in [0, 0.05) is 43.8 Å². The van der Waals surface area contributed by atoms with Gasteiger partial charge in [0.1, 0.15) is 23.2 Å². The first kappa shape index (κ1) is 21.9. The molecule has 1 aromatic carbocycles. The normalized spacial score (nSPS) is 26.8. The molecule has 5 rings (SSSR count). The van der Waals surface area contributed by atoms with Crippen LogP contribution in [0.4, 0.5) is 11.8 Å². The van der Waals surface area contributed by atoms with Gasteiger partial charge in [0.25, 0.3) is 0 Å². The number of rotatable bonds is 8. The molecule has 33 heavy (non-hydrogen) atoms. The number of para-hydroxylation sites is 1. The summed E-state index contributed by atoms with van der Waals surface area (Å²) in [6.07, 6.45) is 8.02. The quantitative estimate of drug-likeness (QED) is 0.419. The fraction of sp³-hybridized carbons (Fsp3) is 0.560. The van der Waals surface area contributed by atoms with Gasteiger partial charge in [-0.25, -0.2) is 4.98 Å². The molecule has 8 heteroatoms. The van der Waals surface area contributed by atoms with Crippen molar-refractivity contribution in [2.75, 3.05) is 30.3 Å². The standard InChI is InChI=1S/C25H33N7O/c26-10-20-13-30-25(29-12-19-4-1-2-7-22(19)33)32-24(20)28-11-16-8-17-5-3-6-18(9-16)23(17)31-21-14-27-15-21/h1-2,4,7,13,16-18,21,23,27,31,33H,3,5-6,8-9,11-12,14-15H2,(H2,28,29,30,32)/t16?,17-,18+,23?. The minimum absolute atomic E-state index is 0.237. The lowest BCUT2D eigenvalue weighted by atomic mass is 9.64. The second kappa shape index (κ2) is 9.94. The summed E-state index contributed by atoms with van der Waals surface area (Å²) >= 11 is 0. The van der Waals surface area contributed by atoms with Gasteiger partial charge in [-0.3, -0.25) is 0 Å². The van der Waals surface area contributed by atoms with Crippen molar-refractivity contribution < 1.29 is 5.11 Å². The Bertz CT molecular complexity index is 988. The maximum absolute atomic E-state index is 9.96. The molecule has 2 unspecified atom stereocenters. The highest BCUT2D eigenvalue weighted by atomic mass is 16.3. The molecule has 0 spiro atoms. The highest BCUT2D eigenvalue weighted by Crippen LogP contribution is 2.43. The molecular weight excluding hydrogens is 414 g/mol. The SMILES string of the molecule is N#Cc1cnc(NCc2ccccc2O)nc1NCC1C[C@H]2CCC[C@@H](C1)C2NC1CNC1. The van der Waals surface area contributed by atoms with Crippen LogP contribution >= 0.6 is 0 Å². The number of phenols is 1. The van der Waals surface area contributed by atoms with Crippen molar-refractivity contribution in [2.24, 2.45) is 17.8 Å². The molecule has 2 aromatic rings. The molecular formula is C25H33N7O. The Morgan fingerprint density at radius 1 is 1.12 bits per heavy atom. The van der Waals surface area contributed by atoms with Crippen molar-refractivity contribution in [3.8, 4) is 11.8 Å². The summed E-state index contributed by atoms with van der Waals surface area (Å²) in [5.41, 5.74) is 1.23. The zero-order chi connectivity index (χ0) is 22.6. The zero-order valence-electron chi connectivity index (χ0n) is 18.9. The van der Waals surface area contributed by atoms with E-state index in [9.17, 15) is 10.4 Å². The largest absolute Gasteiger partial charge is 0.508 e. The van der Waals surface area contributed by atoms with Crippen LogP contribution < -0.4 is 21.3 Å². The number of hydrogen-bond acceptors (Lipinski definition) is 8. The van der Waals surface area contributed by atoms with Crippen LogP contribution in [0.25, 0.3) is 0 Å². The molecule has 0 amide bonds. The van der Waals surface area contributed by atoms with Gasteiger partial charge in [0.15, 0.2) is 0 Å². The number of anilines is 2. The topological polar surface area (TPSA) is 118 Å². The third-order valence-electron chi connectivity index (χ3n) is 7.54. The Labute approximate surface area is 195 Å². The van der Waals surface area contributed by atoms with Crippen LogP contribution in [0.2, 0.25) is 0 Å².